The van der Waals surface area contributed by atoms with Gasteiger partial charge in [-0.05, 0) is 36.4 Å². The number of fused-ring (bicyclic) bond motifs is 1. The molecule has 0 radical (unpaired) electrons. The number of hydrogen-bond acceptors (Lipinski definition) is 3. The molecule has 6 heteroatoms. The summed E-state index contributed by atoms with van der Waals surface area (Å²) in [5, 5.41) is 1.99. The number of halogens is 2. The van der Waals surface area contributed by atoms with Crippen molar-refractivity contribution in [1.82, 2.24) is 9.88 Å². The van der Waals surface area contributed by atoms with Crippen molar-refractivity contribution in [3.05, 3.63) is 51.5 Å². The molecule has 1 aliphatic rings. The third-order valence-electron chi connectivity index (χ3n) is 3.62. The average molecular weight is 294 g/mol. The van der Waals surface area contributed by atoms with Gasteiger partial charge >= 0.3 is 0 Å². The van der Waals surface area contributed by atoms with Crippen molar-refractivity contribution in [3.8, 4) is 0 Å². The Balaban J connectivity index is 1.94. The summed E-state index contributed by atoms with van der Waals surface area (Å²) in [7, 11) is 0. The van der Waals surface area contributed by atoms with E-state index in [9.17, 15) is 13.6 Å². The highest BCUT2D eigenvalue weighted by atomic mass is 32.1. The van der Waals surface area contributed by atoms with Gasteiger partial charge in [-0.2, -0.15) is 4.39 Å². The molecule has 0 saturated heterocycles. The highest BCUT2D eigenvalue weighted by molar-refractivity contribution is 7.10. The van der Waals surface area contributed by atoms with E-state index in [1.54, 1.807) is 16.2 Å². The maximum Gasteiger partial charge on any atom is 0.257 e. The molecule has 0 N–H and O–H groups in total. The second-order valence-corrected chi connectivity index (χ2v) is 5.69. The van der Waals surface area contributed by atoms with Crippen molar-refractivity contribution >= 4 is 17.2 Å². The number of amides is 1. The lowest BCUT2D eigenvalue weighted by atomic mass is 10.0. The molecule has 3 rings (SSSR count). The first-order valence-corrected chi connectivity index (χ1v) is 7.15. The van der Waals surface area contributed by atoms with Gasteiger partial charge in [-0.3, -0.25) is 4.79 Å². The molecule has 1 unspecified atom stereocenters. The van der Waals surface area contributed by atoms with E-state index in [-0.39, 0.29) is 11.6 Å². The Morgan fingerprint density at radius 3 is 3.05 bits per heavy atom. The summed E-state index contributed by atoms with van der Waals surface area (Å²) in [6.45, 7) is 2.41. The summed E-state index contributed by atoms with van der Waals surface area (Å²) in [5.41, 5.74) is 0.826. The van der Waals surface area contributed by atoms with E-state index in [0.717, 1.165) is 18.2 Å². The van der Waals surface area contributed by atoms with Crippen LogP contribution in [-0.2, 0) is 6.42 Å². The first kappa shape index (κ1) is 13.2. The zero-order valence-corrected chi connectivity index (χ0v) is 11.6. The van der Waals surface area contributed by atoms with Crippen LogP contribution in [0, 0.1) is 11.8 Å². The number of rotatable bonds is 1. The fraction of sp³-hybridized carbons (Fsp3) is 0.286. The Morgan fingerprint density at radius 1 is 1.45 bits per heavy atom. The van der Waals surface area contributed by atoms with Gasteiger partial charge in [-0.15, -0.1) is 11.3 Å². The van der Waals surface area contributed by atoms with Crippen LogP contribution >= 0.6 is 11.3 Å². The number of thiophene rings is 1. The van der Waals surface area contributed by atoms with Crippen molar-refractivity contribution in [3.63, 3.8) is 0 Å². The Hall–Kier alpha value is -1.82. The SMILES string of the molecule is CC1c2ccsc2CCN1C(=O)c1ccnc(F)c1F. The Kier molecular flexibility index (Phi) is 3.25. The Labute approximate surface area is 118 Å². The van der Waals surface area contributed by atoms with Crippen LogP contribution < -0.4 is 0 Å². The second kappa shape index (κ2) is 4.94. The molecule has 0 saturated carbocycles. The Morgan fingerprint density at radius 2 is 2.25 bits per heavy atom. The summed E-state index contributed by atoms with van der Waals surface area (Å²) in [6.07, 6.45) is 1.86. The first-order chi connectivity index (χ1) is 9.59. The first-order valence-electron chi connectivity index (χ1n) is 6.27. The number of aromatic nitrogens is 1. The topological polar surface area (TPSA) is 33.2 Å². The van der Waals surface area contributed by atoms with Gasteiger partial charge in [-0.1, -0.05) is 0 Å². The van der Waals surface area contributed by atoms with E-state index in [4.69, 9.17) is 0 Å². The normalized spacial score (nSPS) is 17.9. The molecule has 1 aliphatic heterocycles. The van der Waals surface area contributed by atoms with E-state index in [1.165, 1.54) is 10.9 Å². The maximum absolute atomic E-state index is 13.7. The van der Waals surface area contributed by atoms with Crippen molar-refractivity contribution in [2.24, 2.45) is 0 Å². The van der Waals surface area contributed by atoms with Crippen LogP contribution in [0.5, 0.6) is 0 Å². The Bertz CT molecular complexity index is 671. The van der Waals surface area contributed by atoms with E-state index in [1.807, 2.05) is 18.4 Å². The molecule has 3 nitrogen and oxygen atoms in total. The standard InChI is InChI=1S/C14H12F2N2OS/c1-8-9-4-7-20-11(9)3-6-18(8)14(19)10-2-5-17-13(16)12(10)15/h2,4-5,7-8H,3,6H2,1H3. The lowest BCUT2D eigenvalue weighted by Gasteiger charge is -2.33. The molecule has 0 aromatic carbocycles. The van der Waals surface area contributed by atoms with Crippen LogP contribution in [0.2, 0.25) is 0 Å². The molecule has 1 atom stereocenters. The number of hydrogen-bond donors (Lipinski definition) is 0. The monoisotopic (exact) mass is 294 g/mol. The molecule has 3 heterocycles. The van der Waals surface area contributed by atoms with E-state index >= 15 is 0 Å². The van der Waals surface area contributed by atoms with Crippen molar-refractivity contribution in [2.45, 2.75) is 19.4 Å². The van der Waals surface area contributed by atoms with Crippen LogP contribution in [0.4, 0.5) is 8.78 Å². The number of carbonyl (C=O) groups is 1. The predicted octanol–water partition coefficient (Wildman–Crippen LogP) is 3.18. The van der Waals surface area contributed by atoms with Crippen LogP contribution in [0.25, 0.3) is 0 Å². The number of carbonyl (C=O) groups excluding carboxylic acids is 1. The quantitative estimate of drug-likeness (QED) is 0.757. The third kappa shape index (κ3) is 2.00. The van der Waals surface area contributed by atoms with Crippen molar-refractivity contribution < 1.29 is 13.6 Å². The second-order valence-electron chi connectivity index (χ2n) is 4.69. The van der Waals surface area contributed by atoms with Gasteiger partial charge in [-0.25, -0.2) is 9.37 Å². The highest BCUT2D eigenvalue weighted by Gasteiger charge is 2.30. The minimum Gasteiger partial charge on any atom is -0.331 e. The van der Waals surface area contributed by atoms with Gasteiger partial charge in [0.1, 0.15) is 0 Å². The van der Waals surface area contributed by atoms with Crippen LogP contribution in [0.15, 0.2) is 23.7 Å². The number of pyridine rings is 1. The fourth-order valence-corrected chi connectivity index (χ4v) is 3.49. The summed E-state index contributed by atoms with van der Waals surface area (Å²) < 4.78 is 26.8. The maximum atomic E-state index is 13.7. The summed E-state index contributed by atoms with van der Waals surface area (Å²) in [6, 6.07) is 3.07. The molecule has 0 bridgehead atoms. The molecular formula is C14H12F2N2OS. The molecular weight excluding hydrogens is 282 g/mol. The van der Waals surface area contributed by atoms with Gasteiger partial charge in [0.05, 0.1) is 11.6 Å². The predicted molar refractivity (Wildman–Crippen MR) is 71.6 cm³/mol. The molecule has 0 fully saturated rings. The third-order valence-corrected chi connectivity index (χ3v) is 4.61. The highest BCUT2D eigenvalue weighted by Crippen LogP contribution is 2.33. The molecule has 0 aliphatic carbocycles. The van der Waals surface area contributed by atoms with E-state index < -0.39 is 17.7 Å². The van der Waals surface area contributed by atoms with Crippen LogP contribution in [0.1, 0.15) is 33.8 Å². The van der Waals surface area contributed by atoms with E-state index in [0.29, 0.717) is 6.54 Å². The van der Waals surface area contributed by atoms with Gasteiger partial charge in [0.25, 0.3) is 5.91 Å². The lowest BCUT2D eigenvalue weighted by molar-refractivity contribution is 0.0673. The molecule has 1 amide bonds. The zero-order valence-electron chi connectivity index (χ0n) is 10.8. The van der Waals surface area contributed by atoms with Gasteiger partial charge < -0.3 is 4.90 Å². The van der Waals surface area contributed by atoms with Crippen LogP contribution in [0.3, 0.4) is 0 Å². The van der Waals surface area contributed by atoms with E-state index in [2.05, 4.69) is 4.98 Å². The summed E-state index contributed by atoms with van der Waals surface area (Å²) >= 11 is 1.66. The zero-order chi connectivity index (χ0) is 14.3. The van der Waals surface area contributed by atoms with Crippen molar-refractivity contribution in [2.75, 3.05) is 6.54 Å². The fourth-order valence-electron chi connectivity index (χ4n) is 2.53. The minimum atomic E-state index is -1.24. The average Bonchev–Trinajstić information content (AvgIpc) is 2.91. The molecule has 20 heavy (non-hydrogen) atoms. The molecule has 2 aromatic rings. The largest absolute Gasteiger partial charge is 0.331 e. The molecule has 2 aromatic heterocycles. The number of nitrogens with zero attached hydrogens (tertiary/aromatic N) is 2. The lowest BCUT2D eigenvalue weighted by Crippen LogP contribution is -2.38. The summed E-state index contributed by atoms with van der Waals surface area (Å²) in [5.74, 6) is -2.91. The summed E-state index contributed by atoms with van der Waals surface area (Å²) in [4.78, 5) is 18.4. The van der Waals surface area contributed by atoms with Crippen molar-refractivity contribution in [1.29, 1.82) is 0 Å². The van der Waals surface area contributed by atoms with Gasteiger partial charge in [0, 0.05) is 17.6 Å². The smallest absolute Gasteiger partial charge is 0.257 e. The molecule has 104 valence electrons. The minimum absolute atomic E-state index is 0.131. The van der Waals surface area contributed by atoms with Gasteiger partial charge in [0.2, 0.25) is 5.95 Å². The molecule has 0 spiro atoms. The van der Waals surface area contributed by atoms with Crippen LogP contribution in [-0.4, -0.2) is 22.3 Å². The van der Waals surface area contributed by atoms with Gasteiger partial charge in [0.15, 0.2) is 5.82 Å².